The van der Waals surface area contributed by atoms with Crippen LogP contribution in [0.4, 0.5) is 0 Å². The molecule has 4 aromatic carbocycles. The first-order valence-electron chi connectivity index (χ1n) is 11.6. The second-order valence-electron chi connectivity index (χ2n) is 8.84. The molecule has 0 amide bonds. The van der Waals surface area contributed by atoms with Gasteiger partial charge in [0, 0.05) is 40.0 Å². The lowest BCUT2D eigenvalue weighted by Gasteiger charge is -2.24. The lowest BCUT2D eigenvalue weighted by atomic mass is 9.76. The molecule has 3 nitrogen and oxygen atoms in total. The van der Waals surface area contributed by atoms with Crippen LogP contribution in [0.25, 0.3) is 0 Å². The molecule has 0 saturated heterocycles. The maximum Gasteiger partial charge on any atom is 0.171 e. The summed E-state index contributed by atoms with van der Waals surface area (Å²) in [5.74, 6) is -2.16. The van der Waals surface area contributed by atoms with E-state index in [1.165, 1.54) is 0 Å². The SMILES string of the molecule is O=C(C[C@@H]1c2ccccc2[C@@H](C(=O)c2cccc(Cl)c2)[C@@H]1C(=O)c1ccccc1)c1ccccc1. The van der Waals surface area contributed by atoms with Gasteiger partial charge in [-0.1, -0.05) is 109 Å². The Morgan fingerprint density at radius 2 is 1.17 bits per heavy atom. The molecule has 1 aliphatic rings. The smallest absolute Gasteiger partial charge is 0.171 e. The number of halogens is 1. The molecule has 4 aromatic rings. The van der Waals surface area contributed by atoms with E-state index in [9.17, 15) is 14.4 Å². The molecule has 0 N–H and O–H groups in total. The molecule has 5 rings (SSSR count). The van der Waals surface area contributed by atoms with Crippen molar-refractivity contribution in [1.29, 1.82) is 0 Å². The van der Waals surface area contributed by atoms with Crippen molar-refractivity contribution in [3.8, 4) is 0 Å². The molecule has 0 fully saturated rings. The van der Waals surface area contributed by atoms with Crippen molar-refractivity contribution in [2.24, 2.45) is 5.92 Å². The number of ketones is 3. The Labute approximate surface area is 209 Å². The van der Waals surface area contributed by atoms with Gasteiger partial charge in [0.1, 0.15) is 0 Å². The topological polar surface area (TPSA) is 51.2 Å². The molecule has 35 heavy (non-hydrogen) atoms. The van der Waals surface area contributed by atoms with Gasteiger partial charge in [-0.05, 0) is 23.3 Å². The largest absolute Gasteiger partial charge is 0.294 e. The first-order valence-corrected chi connectivity index (χ1v) is 12.0. The highest BCUT2D eigenvalue weighted by Crippen LogP contribution is 2.51. The number of carbonyl (C=O) groups is 3. The third-order valence-electron chi connectivity index (χ3n) is 6.78. The van der Waals surface area contributed by atoms with Crippen LogP contribution in [0.1, 0.15) is 60.5 Å². The Morgan fingerprint density at radius 3 is 1.83 bits per heavy atom. The molecule has 0 aliphatic heterocycles. The molecule has 0 saturated carbocycles. The normalized spacial score (nSPS) is 18.6. The fraction of sp³-hybridized carbons (Fsp3) is 0.129. The maximum absolute atomic E-state index is 14.0. The van der Waals surface area contributed by atoms with E-state index in [0.717, 1.165) is 11.1 Å². The highest BCUT2D eigenvalue weighted by molar-refractivity contribution is 6.31. The Hall–Kier alpha value is -3.82. The quantitative estimate of drug-likeness (QED) is 0.264. The van der Waals surface area contributed by atoms with Gasteiger partial charge >= 0.3 is 0 Å². The Bertz CT molecular complexity index is 1400. The van der Waals surface area contributed by atoms with Crippen LogP contribution >= 0.6 is 11.6 Å². The zero-order valence-electron chi connectivity index (χ0n) is 18.9. The molecule has 0 unspecified atom stereocenters. The van der Waals surface area contributed by atoms with Gasteiger partial charge in [-0.15, -0.1) is 0 Å². The molecule has 0 aromatic heterocycles. The summed E-state index contributed by atoms with van der Waals surface area (Å²) >= 11 is 6.19. The first kappa shape index (κ1) is 22.9. The van der Waals surface area contributed by atoms with Crippen molar-refractivity contribution in [2.75, 3.05) is 0 Å². The van der Waals surface area contributed by atoms with Crippen molar-refractivity contribution in [3.05, 3.63) is 142 Å². The Morgan fingerprint density at radius 1 is 0.600 bits per heavy atom. The number of benzene rings is 4. The molecule has 1 aliphatic carbocycles. The summed E-state index contributed by atoms with van der Waals surface area (Å²) in [6.45, 7) is 0. The minimum absolute atomic E-state index is 0.0490. The van der Waals surface area contributed by atoms with Gasteiger partial charge < -0.3 is 0 Å². The number of rotatable bonds is 7. The van der Waals surface area contributed by atoms with Crippen molar-refractivity contribution in [1.82, 2.24) is 0 Å². The Balaban J connectivity index is 1.62. The number of carbonyl (C=O) groups excluding carboxylic acids is 3. The van der Waals surface area contributed by atoms with E-state index < -0.39 is 17.8 Å². The van der Waals surface area contributed by atoms with Crippen LogP contribution in [-0.2, 0) is 0 Å². The van der Waals surface area contributed by atoms with Crippen LogP contribution < -0.4 is 0 Å². The van der Waals surface area contributed by atoms with Crippen LogP contribution in [0, 0.1) is 5.92 Å². The van der Waals surface area contributed by atoms with E-state index in [2.05, 4.69) is 0 Å². The molecule has 4 heteroatoms. The van der Waals surface area contributed by atoms with Gasteiger partial charge in [0.15, 0.2) is 17.3 Å². The van der Waals surface area contributed by atoms with Crippen LogP contribution in [0.15, 0.2) is 109 Å². The predicted molar refractivity (Wildman–Crippen MR) is 137 cm³/mol. The zero-order valence-corrected chi connectivity index (χ0v) is 19.7. The average molecular weight is 479 g/mol. The minimum atomic E-state index is -0.703. The van der Waals surface area contributed by atoms with Gasteiger partial charge in [-0.25, -0.2) is 0 Å². The summed E-state index contributed by atoms with van der Waals surface area (Å²) in [6.07, 6.45) is 0.142. The average Bonchev–Trinajstić information content (AvgIpc) is 3.22. The molecule has 0 spiro atoms. The van der Waals surface area contributed by atoms with E-state index in [1.807, 2.05) is 60.7 Å². The molecule has 3 atom stereocenters. The van der Waals surface area contributed by atoms with Crippen molar-refractivity contribution >= 4 is 29.0 Å². The molecular formula is C31H23ClO3. The van der Waals surface area contributed by atoms with Gasteiger partial charge in [0.2, 0.25) is 0 Å². The fourth-order valence-electron chi connectivity index (χ4n) is 5.18. The van der Waals surface area contributed by atoms with E-state index in [-0.39, 0.29) is 23.8 Å². The first-order chi connectivity index (χ1) is 17.0. The predicted octanol–water partition coefficient (Wildman–Crippen LogP) is 7.18. The van der Waals surface area contributed by atoms with Crippen LogP contribution in [-0.4, -0.2) is 17.3 Å². The summed E-state index contributed by atoms with van der Waals surface area (Å²) in [4.78, 5) is 41.2. The molecule has 0 heterocycles. The Kier molecular flexibility index (Phi) is 6.43. The fourth-order valence-corrected chi connectivity index (χ4v) is 5.37. The lowest BCUT2D eigenvalue weighted by molar-refractivity contribution is 0.0799. The van der Waals surface area contributed by atoms with Crippen molar-refractivity contribution < 1.29 is 14.4 Å². The summed E-state index contributed by atoms with van der Waals surface area (Å²) in [5, 5.41) is 0.462. The summed E-state index contributed by atoms with van der Waals surface area (Å²) in [7, 11) is 0. The third-order valence-corrected chi connectivity index (χ3v) is 7.01. The lowest BCUT2D eigenvalue weighted by Crippen LogP contribution is -2.29. The minimum Gasteiger partial charge on any atom is -0.294 e. The van der Waals surface area contributed by atoms with E-state index >= 15 is 0 Å². The molecular weight excluding hydrogens is 456 g/mol. The third kappa shape index (κ3) is 4.48. The van der Waals surface area contributed by atoms with E-state index in [0.29, 0.717) is 21.7 Å². The molecule has 0 radical (unpaired) electrons. The zero-order chi connectivity index (χ0) is 24.4. The van der Waals surface area contributed by atoms with Gasteiger partial charge in [-0.2, -0.15) is 0 Å². The molecule has 0 bridgehead atoms. The highest BCUT2D eigenvalue weighted by Gasteiger charge is 2.48. The highest BCUT2D eigenvalue weighted by atomic mass is 35.5. The maximum atomic E-state index is 14.0. The summed E-state index contributed by atoms with van der Waals surface area (Å²) in [6, 6.07) is 32.5. The van der Waals surface area contributed by atoms with Crippen LogP contribution in [0.3, 0.4) is 0 Å². The standard InChI is InChI=1S/C31H23ClO3/c32-23-15-9-14-22(18-23)31(35)28-25-17-8-7-16-24(25)26(19-27(33)20-10-3-1-4-11-20)29(28)30(34)21-12-5-2-6-13-21/h1-18,26,28-29H,19H2/t26-,28-,29-/m1/s1. The monoisotopic (exact) mass is 478 g/mol. The summed E-state index contributed by atoms with van der Waals surface area (Å²) < 4.78 is 0. The van der Waals surface area contributed by atoms with Crippen molar-refractivity contribution in [2.45, 2.75) is 18.3 Å². The van der Waals surface area contributed by atoms with Crippen LogP contribution in [0.5, 0.6) is 0 Å². The van der Waals surface area contributed by atoms with Gasteiger partial charge in [0.25, 0.3) is 0 Å². The second kappa shape index (κ2) is 9.81. The number of fused-ring (bicyclic) bond motifs is 1. The number of hydrogen-bond donors (Lipinski definition) is 0. The van der Waals surface area contributed by atoms with Crippen LogP contribution in [0.2, 0.25) is 5.02 Å². The van der Waals surface area contributed by atoms with Gasteiger partial charge in [0.05, 0.1) is 5.92 Å². The van der Waals surface area contributed by atoms with E-state index in [1.54, 1.807) is 48.5 Å². The second-order valence-corrected chi connectivity index (χ2v) is 9.27. The summed E-state index contributed by atoms with van der Waals surface area (Å²) in [5.41, 5.74) is 3.27. The number of hydrogen-bond acceptors (Lipinski definition) is 3. The van der Waals surface area contributed by atoms with Gasteiger partial charge in [-0.3, -0.25) is 14.4 Å². The molecule has 172 valence electrons. The van der Waals surface area contributed by atoms with E-state index in [4.69, 9.17) is 11.6 Å². The van der Waals surface area contributed by atoms with Crippen molar-refractivity contribution in [3.63, 3.8) is 0 Å². The number of Topliss-reactive ketones (excluding diaryl/α,β-unsaturated/α-hetero) is 3.